The molecule has 0 radical (unpaired) electrons. The largest absolute Gasteiger partial charge is 0.341 e. The van der Waals surface area contributed by atoms with Gasteiger partial charge in [-0.1, -0.05) is 0 Å². The van der Waals surface area contributed by atoms with Gasteiger partial charge in [0.15, 0.2) is 5.82 Å². The first-order valence-corrected chi connectivity index (χ1v) is 13.1. The van der Waals surface area contributed by atoms with Gasteiger partial charge in [-0.25, -0.2) is 13.6 Å². The Hall–Kier alpha value is -3.43. The Morgan fingerprint density at radius 2 is 2.00 bits per heavy atom. The van der Waals surface area contributed by atoms with Gasteiger partial charge in [0, 0.05) is 67.9 Å². The molecule has 37 heavy (non-hydrogen) atoms. The molecular weight excluding hydrogens is 476 g/mol. The molecule has 1 unspecified atom stereocenters. The van der Waals surface area contributed by atoms with Crippen molar-refractivity contribution in [2.75, 3.05) is 25.0 Å². The molecule has 4 heterocycles. The molecule has 2 aliphatic heterocycles. The maximum atomic E-state index is 14.4. The molecule has 10 heteroatoms. The van der Waals surface area contributed by atoms with Crippen molar-refractivity contribution in [2.24, 2.45) is 13.0 Å². The lowest BCUT2D eigenvalue weighted by atomic mass is 9.92. The zero-order valence-corrected chi connectivity index (χ0v) is 21.5. The summed E-state index contributed by atoms with van der Waals surface area (Å²) in [5, 5.41) is 12.1. The molecule has 0 bridgehead atoms. The van der Waals surface area contributed by atoms with Gasteiger partial charge in [-0.2, -0.15) is 10.2 Å². The van der Waals surface area contributed by atoms with Crippen molar-refractivity contribution in [1.82, 2.24) is 29.8 Å². The lowest BCUT2D eigenvalue weighted by molar-refractivity contribution is 0.152. The summed E-state index contributed by atoms with van der Waals surface area (Å²) in [6.45, 7) is 4.01. The number of nitrogens with zero attached hydrogens (tertiary/aromatic N) is 6. The molecular formula is C27H33F2N7O. The molecule has 3 aliphatic rings. The number of hydrogen-bond acceptors (Lipinski definition) is 4. The number of urea groups is 1. The van der Waals surface area contributed by atoms with Crippen LogP contribution in [0, 0.1) is 5.92 Å². The molecule has 3 aromatic rings. The van der Waals surface area contributed by atoms with Gasteiger partial charge in [0.1, 0.15) is 0 Å². The molecule has 196 valence electrons. The Labute approximate surface area is 215 Å². The maximum absolute atomic E-state index is 14.4. The van der Waals surface area contributed by atoms with Crippen LogP contribution in [0.4, 0.5) is 25.1 Å². The number of carbonyl (C=O) groups is 1. The molecule has 6 rings (SSSR count). The monoisotopic (exact) mass is 509 g/mol. The van der Waals surface area contributed by atoms with E-state index in [9.17, 15) is 13.6 Å². The molecule has 8 nitrogen and oxygen atoms in total. The molecule has 1 saturated carbocycles. The molecule has 1 fully saturated rings. The molecule has 1 aliphatic carbocycles. The Morgan fingerprint density at radius 3 is 2.68 bits per heavy atom. The van der Waals surface area contributed by atoms with Crippen LogP contribution in [0.2, 0.25) is 0 Å². The van der Waals surface area contributed by atoms with Crippen molar-refractivity contribution in [2.45, 2.75) is 58.0 Å². The molecule has 1 aromatic carbocycles. The van der Waals surface area contributed by atoms with Crippen molar-refractivity contribution < 1.29 is 13.6 Å². The maximum Gasteiger partial charge on any atom is 0.317 e. The first kappa shape index (κ1) is 23.9. The van der Waals surface area contributed by atoms with Crippen molar-refractivity contribution in [3.63, 3.8) is 0 Å². The fraction of sp³-hybridized carbons (Fsp3) is 0.519. The number of benzene rings is 1. The van der Waals surface area contributed by atoms with Gasteiger partial charge in [-0.15, -0.1) is 0 Å². The van der Waals surface area contributed by atoms with Gasteiger partial charge in [-0.3, -0.25) is 9.36 Å². The number of aromatic nitrogens is 4. The van der Waals surface area contributed by atoms with Crippen LogP contribution in [-0.4, -0.2) is 50.6 Å². The number of anilines is 2. The van der Waals surface area contributed by atoms with Gasteiger partial charge in [-0.05, 0) is 61.8 Å². The average Bonchev–Trinajstić information content (AvgIpc) is 3.56. The van der Waals surface area contributed by atoms with Crippen molar-refractivity contribution >= 4 is 17.5 Å². The number of alkyl halides is 2. The second-order valence-corrected chi connectivity index (χ2v) is 10.5. The van der Waals surface area contributed by atoms with E-state index in [-0.39, 0.29) is 17.6 Å². The summed E-state index contributed by atoms with van der Waals surface area (Å²) in [6.07, 6.45) is 5.65. The summed E-state index contributed by atoms with van der Waals surface area (Å²) >= 11 is 0. The first-order valence-electron chi connectivity index (χ1n) is 13.1. The number of halogens is 2. The number of carbonyl (C=O) groups excluding carboxylic acids is 1. The van der Waals surface area contributed by atoms with Crippen molar-refractivity contribution in [1.29, 1.82) is 0 Å². The Morgan fingerprint density at radius 1 is 1.19 bits per heavy atom. The summed E-state index contributed by atoms with van der Waals surface area (Å²) in [7, 11) is 3.43. The average molecular weight is 510 g/mol. The van der Waals surface area contributed by atoms with E-state index in [0.717, 1.165) is 41.9 Å². The van der Waals surface area contributed by atoms with Crippen LogP contribution in [-0.2, 0) is 26.4 Å². The number of hydrogen-bond donors (Lipinski definition) is 1. The van der Waals surface area contributed by atoms with Crippen LogP contribution in [0.1, 0.15) is 61.0 Å². The van der Waals surface area contributed by atoms with Crippen molar-refractivity contribution in [3.05, 3.63) is 46.9 Å². The normalized spacial score (nSPS) is 18.1. The summed E-state index contributed by atoms with van der Waals surface area (Å²) in [4.78, 5) is 16.4. The van der Waals surface area contributed by atoms with E-state index in [4.69, 9.17) is 5.10 Å². The molecule has 0 spiro atoms. The fourth-order valence-electron chi connectivity index (χ4n) is 5.95. The molecule has 0 saturated heterocycles. The van der Waals surface area contributed by atoms with Gasteiger partial charge in [0.25, 0.3) is 6.43 Å². The summed E-state index contributed by atoms with van der Waals surface area (Å²) in [5.74, 6) is 1.42. The van der Waals surface area contributed by atoms with E-state index in [1.807, 2.05) is 6.07 Å². The smallest absolute Gasteiger partial charge is 0.317 e. The SMILES string of the molecule is CNC(=O)N1CCc2c(c(N3CCCc4cc(-c5cnn(C)c5)c(C(F)F)cc43)nn2C(C)C2CC2)C1. The van der Waals surface area contributed by atoms with E-state index in [1.165, 1.54) is 18.5 Å². The minimum absolute atomic E-state index is 0.00489. The van der Waals surface area contributed by atoms with Crippen LogP contribution in [0.15, 0.2) is 24.5 Å². The number of fused-ring (bicyclic) bond motifs is 2. The lowest BCUT2D eigenvalue weighted by Gasteiger charge is -2.33. The molecule has 1 atom stereocenters. The molecule has 2 aromatic heterocycles. The van der Waals surface area contributed by atoms with Crippen LogP contribution in [0.5, 0.6) is 0 Å². The van der Waals surface area contributed by atoms with Crippen LogP contribution < -0.4 is 10.2 Å². The minimum atomic E-state index is -2.62. The third-order valence-corrected chi connectivity index (χ3v) is 8.13. The number of amides is 2. The number of nitrogens with one attached hydrogen (secondary N) is 1. The highest BCUT2D eigenvalue weighted by atomic mass is 19.3. The number of aryl methyl sites for hydroxylation is 2. The second-order valence-electron chi connectivity index (χ2n) is 10.5. The second kappa shape index (κ2) is 9.15. The fourth-order valence-corrected chi connectivity index (χ4v) is 5.95. The lowest BCUT2D eigenvalue weighted by Crippen LogP contribution is -2.42. The van der Waals surface area contributed by atoms with E-state index in [0.29, 0.717) is 36.7 Å². The standard InChI is InChI=1S/C27H33F2N7O/c1-16(17-6-7-17)36-23-8-10-34(27(37)30-2)15-22(23)26(32-36)35-9-4-5-18-11-20(19-13-31-33(3)14-19)21(25(28)29)12-24(18)35/h11-14,16-17,25H,4-10,15H2,1-3H3,(H,30,37). The van der Waals surface area contributed by atoms with Crippen molar-refractivity contribution in [3.8, 4) is 11.1 Å². The highest BCUT2D eigenvalue weighted by Gasteiger charge is 2.37. The van der Waals surface area contributed by atoms with E-state index < -0.39 is 6.43 Å². The zero-order valence-electron chi connectivity index (χ0n) is 21.5. The van der Waals surface area contributed by atoms with Gasteiger partial charge in [0.2, 0.25) is 0 Å². The summed E-state index contributed by atoms with van der Waals surface area (Å²) in [6, 6.07) is 3.73. The highest BCUT2D eigenvalue weighted by molar-refractivity contribution is 5.78. The zero-order chi connectivity index (χ0) is 25.8. The third-order valence-electron chi connectivity index (χ3n) is 8.13. The van der Waals surface area contributed by atoms with E-state index in [1.54, 1.807) is 42.1 Å². The minimum Gasteiger partial charge on any atom is -0.341 e. The quantitative estimate of drug-likeness (QED) is 0.527. The number of rotatable bonds is 5. The predicted octanol–water partition coefficient (Wildman–Crippen LogP) is 4.97. The third kappa shape index (κ3) is 4.16. The van der Waals surface area contributed by atoms with E-state index in [2.05, 4.69) is 26.9 Å². The summed E-state index contributed by atoms with van der Waals surface area (Å²) < 4.78 is 32.5. The predicted molar refractivity (Wildman–Crippen MR) is 137 cm³/mol. The Balaban J connectivity index is 1.47. The first-order chi connectivity index (χ1) is 17.9. The van der Waals surface area contributed by atoms with Gasteiger partial charge >= 0.3 is 6.03 Å². The van der Waals surface area contributed by atoms with Crippen LogP contribution in [0.3, 0.4) is 0 Å². The van der Waals surface area contributed by atoms with E-state index >= 15 is 0 Å². The Kier molecular flexibility index (Phi) is 5.92. The topological polar surface area (TPSA) is 71.2 Å². The van der Waals surface area contributed by atoms with Gasteiger partial charge < -0.3 is 15.1 Å². The summed E-state index contributed by atoms with van der Waals surface area (Å²) in [5.41, 5.74) is 5.26. The molecule has 2 amide bonds. The molecule has 1 N–H and O–H groups in total. The highest BCUT2D eigenvalue weighted by Crippen LogP contribution is 2.45. The van der Waals surface area contributed by atoms with Crippen LogP contribution >= 0.6 is 0 Å². The Bertz CT molecular complexity index is 1340. The van der Waals surface area contributed by atoms with Gasteiger partial charge in [0.05, 0.1) is 18.8 Å². The van der Waals surface area contributed by atoms with Crippen LogP contribution in [0.25, 0.3) is 11.1 Å².